The zero-order valence-electron chi connectivity index (χ0n) is 21.9. The van der Waals surface area contributed by atoms with Crippen molar-refractivity contribution in [2.45, 2.75) is 120 Å². The summed E-state index contributed by atoms with van der Waals surface area (Å²) in [6.45, 7) is 20.4. The van der Waals surface area contributed by atoms with Crippen molar-refractivity contribution in [3.63, 3.8) is 0 Å². The van der Waals surface area contributed by atoms with Gasteiger partial charge in [0.2, 0.25) is 0 Å². The average Bonchev–Trinajstić information content (AvgIpc) is 3.04. The van der Waals surface area contributed by atoms with E-state index in [1.54, 1.807) is 0 Å². The summed E-state index contributed by atoms with van der Waals surface area (Å²) in [4.78, 5) is 13.7. The van der Waals surface area contributed by atoms with Gasteiger partial charge in [-0.25, -0.2) is 0 Å². The SMILES string of the molecule is CC(C)[C@H]1CC[C@]2(C)CC[C@]3(C)C(CCC4[C@@]5(C)C(=O)CCC(C)(C)C5CC[C@]43C)C12. The van der Waals surface area contributed by atoms with Crippen LogP contribution in [0.25, 0.3) is 0 Å². The molecule has 0 aromatic rings. The predicted octanol–water partition coefficient (Wildman–Crippen LogP) is 8.31. The molecule has 9 atom stereocenters. The quantitative estimate of drug-likeness (QED) is 0.412. The number of carbonyl (C=O) groups is 1. The normalized spacial score (nSPS) is 55.9. The molecule has 0 saturated heterocycles. The second-order valence-electron chi connectivity index (χ2n) is 15.0. The van der Waals surface area contributed by atoms with E-state index in [2.05, 4.69) is 55.4 Å². The van der Waals surface area contributed by atoms with Gasteiger partial charge < -0.3 is 0 Å². The Morgan fingerprint density at radius 2 is 1.45 bits per heavy atom. The van der Waals surface area contributed by atoms with Gasteiger partial charge in [-0.15, -0.1) is 0 Å². The maximum absolute atomic E-state index is 13.7. The summed E-state index contributed by atoms with van der Waals surface area (Å²) < 4.78 is 0. The molecule has 5 aliphatic rings. The van der Waals surface area contributed by atoms with Crippen LogP contribution in [-0.4, -0.2) is 5.78 Å². The topological polar surface area (TPSA) is 17.1 Å². The van der Waals surface area contributed by atoms with Gasteiger partial charge in [-0.05, 0) is 115 Å². The molecule has 0 radical (unpaired) electrons. The molecule has 5 aliphatic carbocycles. The van der Waals surface area contributed by atoms with Crippen LogP contribution >= 0.6 is 0 Å². The molecule has 1 heteroatoms. The second kappa shape index (κ2) is 6.63. The molecule has 0 spiro atoms. The Labute approximate surface area is 192 Å². The van der Waals surface area contributed by atoms with E-state index in [0.717, 1.165) is 36.5 Å². The van der Waals surface area contributed by atoms with Gasteiger partial charge in [-0.3, -0.25) is 4.79 Å². The number of hydrogen-bond donors (Lipinski definition) is 0. The number of rotatable bonds is 1. The molecule has 0 bridgehead atoms. The fraction of sp³-hybridized carbons (Fsp3) is 0.967. The van der Waals surface area contributed by atoms with Crippen molar-refractivity contribution in [2.75, 3.05) is 0 Å². The van der Waals surface area contributed by atoms with Gasteiger partial charge >= 0.3 is 0 Å². The fourth-order valence-corrected chi connectivity index (χ4v) is 11.5. The minimum absolute atomic E-state index is 0.0867. The number of hydrogen-bond acceptors (Lipinski definition) is 1. The van der Waals surface area contributed by atoms with Crippen LogP contribution in [0.5, 0.6) is 0 Å². The lowest BCUT2D eigenvalue weighted by Crippen LogP contribution is -2.67. The first-order valence-electron chi connectivity index (χ1n) is 13.8. The Morgan fingerprint density at radius 1 is 0.742 bits per heavy atom. The van der Waals surface area contributed by atoms with Gasteiger partial charge in [-0.2, -0.15) is 0 Å². The molecule has 0 heterocycles. The van der Waals surface area contributed by atoms with Crippen molar-refractivity contribution in [3.8, 4) is 0 Å². The van der Waals surface area contributed by atoms with Crippen molar-refractivity contribution >= 4 is 5.78 Å². The minimum Gasteiger partial charge on any atom is -0.299 e. The van der Waals surface area contributed by atoms with Crippen LogP contribution in [0.2, 0.25) is 0 Å². The first kappa shape index (κ1) is 22.5. The predicted molar refractivity (Wildman–Crippen MR) is 130 cm³/mol. The number of ketones is 1. The van der Waals surface area contributed by atoms with Crippen LogP contribution in [0.15, 0.2) is 0 Å². The van der Waals surface area contributed by atoms with Crippen molar-refractivity contribution in [1.82, 2.24) is 0 Å². The molecule has 176 valence electrons. The van der Waals surface area contributed by atoms with Gasteiger partial charge in [0, 0.05) is 11.8 Å². The maximum Gasteiger partial charge on any atom is 0.139 e. The summed E-state index contributed by atoms with van der Waals surface area (Å²) in [7, 11) is 0. The third-order valence-corrected chi connectivity index (χ3v) is 13.4. The molecule has 0 aliphatic heterocycles. The lowest BCUT2D eigenvalue weighted by molar-refractivity contribution is -0.231. The van der Waals surface area contributed by atoms with Gasteiger partial charge in [0.1, 0.15) is 5.78 Å². The van der Waals surface area contributed by atoms with Gasteiger partial charge in [0.15, 0.2) is 0 Å². The number of fused-ring (bicyclic) bond motifs is 7. The van der Waals surface area contributed by atoms with E-state index in [4.69, 9.17) is 0 Å². The molecule has 5 rings (SSSR count). The summed E-state index contributed by atoms with van der Waals surface area (Å²) in [6, 6.07) is 0. The van der Waals surface area contributed by atoms with Gasteiger partial charge in [0.05, 0.1) is 0 Å². The highest BCUT2D eigenvalue weighted by Gasteiger charge is 2.71. The smallest absolute Gasteiger partial charge is 0.139 e. The monoisotopic (exact) mass is 426 g/mol. The van der Waals surface area contributed by atoms with Crippen molar-refractivity contribution in [2.24, 2.45) is 62.6 Å². The first-order valence-corrected chi connectivity index (χ1v) is 13.8. The van der Waals surface area contributed by atoms with Crippen LogP contribution in [0.4, 0.5) is 0 Å². The lowest BCUT2D eigenvalue weighted by Gasteiger charge is -2.72. The Hall–Kier alpha value is -0.330. The highest BCUT2D eigenvalue weighted by Crippen LogP contribution is 2.77. The van der Waals surface area contributed by atoms with Crippen LogP contribution in [0, 0.1) is 62.6 Å². The van der Waals surface area contributed by atoms with Crippen LogP contribution in [-0.2, 0) is 4.79 Å². The lowest BCUT2D eigenvalue weighted by atomic mass is 9.32. The molecule has 0 N–H and O–H groups in total. The summed E-state index contributed by atoms with van der Waals surface area (Å²) in [5.74, 6) is 5.31. The molecule has 0 aromatic heterocycles. The summed E-state index contributed by atoms with van der Waals surface area (Å²) in [6.07, 6.45) is 13.0. The Balaban J connectivity index is 1.57. The summed E-state index contributed by atoms with van der Waals surface area (Å²) >= 11 is 0. The number of carbonyl (C=O) groups excluding carboxylic acids is 1. The van der Waals surface area contributed by atoms with E-state index in [1.807, 2.05) is 0 Å². The standard InChI is InChI=1S/C30H50O/c1-19(2)20-11-15-27(5)17-18-28(6)21(25(20)27)9-10-23-29(28,7)16-12-22-26(3,4)14-13-24(31)30(22,23)8/h19-23,25H,9-18H2,1-8H3/t20-,21?,22?,23?,25?,27-,28-,29-,30+/m1/s1. The second-order valence-corrected chi connectivity index (χ2v) is 15.0. The first-order chi connectivity index (χ1) is 14.3. The van der Waals surface area contributed by atoms with Crippen LogP contribution in [0.3, 0.4) is 0 Å². The highest BCUT2D eigenvalue weighted by atomic mass is 16.1. The maximum atomic E-state index is 13.7. The molecule has 0 aromatic carbocycles. The summed E-state index contributed by atoms with van der Waals surface area (Å²) in [5.41, 5.74) is 1.55. The molecule has 5 fully saturated rings. The molecular weight excluding hydrogens is 376 g/mol. The van der Waals surface area contributed by atoms with Crippen LogP contribution < -0.4 is 0 Å². The van der Waals surface area contributed by atoms with E-state index in [1.165, 1.54) is 51.4 Å². The average molecular weight is 427 g/mol. The van der Waals surface area contributed by atoms with E-state index in [0.29, 0.717) is 39.3 Å². The zero-order chi connectivity index (χ0) is 22.6. The molecule has 31 heavy (non-hydrogen) atoms. The van der Waals surface area contributed by atoms with E-state index >= 15 is 0 Å². The van der Waals surface area contributed by atoms with Gasteiger partial charge in [-0.1, -0.05) is 55.4 Å². The van der Waals surface area contributed by atoms with Crippen molar-refractivity contribution in [1.29, 1.82) is 0 Å². The third-order valence-electron chi connectivity index (χ3n) is 13.4. The van der Waals surface area contributed by atoms with Gasteiger partial charge in [0.25, 0.3) is 0 Å². The van der Waals surface area contributed by atoms with Crippen molar-refractivity contribution in [3.05, 3.63) is 0 Å². The van der Waals surface area contributed by atoms with Crippen molar-refractivity contribution < 1.29 is 4.79 Å². The Morgan fingerprint density at radius 3 is 2.13 bits per heavy atom. The molecule has 4 unspecified atom stereocenters. The summed E-state index contributed by atoms with van der Waals surface area (Å²) in [5, 5.41) is 0. The molecular formula is C30H50O. The molecule has 5 saturated carbocycles. The fourth-order valence-electron chi connectivity index (χ4n) is 11.5. The zero-order valence-corrected chi connectivity index (χ0v) is 21.9. The van der Waals surface area contributed by atoms with Crippen LogP contribution in [0.1, 0.15) is 120 Å². The van der Waals surface area contributed by atoms with E-state index in [-0.39, 0.29) is 5.41 Å². The molecule has 1 nitrogen and oxygen atoms in total. The largest absolute Gasteiger partial charge is 0.299 e. The van der Waals surface area contributed by atoms with E-state index < -0.39 is 0 Å². The Kier molecular flexibility index (Phi) is 4.80. The minimum atomic E-state index is -0.0867. The number of Topliss-reactive ketones (excluding diaryl/α,β-unsaturated/α-hetero) is 1. The highest BCUT2D eigenvalue weighted by molar-refractivity contribution is 5.86. The third kappa shape index (κ3) is 2.65. The molecule has 0 amide bonds. The van der Waals surface area contributed by atoms with E-state index in [9.17, 15) is 4.79 Å². The Bertz CT molecular complexity index is 764.